The quantitative estimate of drug-likeness (QED) is 0.0907. The van der Waals surface area contributed by atoms with Gasteiger partial charge in [-0.1, -0.05) is 19.9 Å². The fraction of sp³-hybridized carbons (Fsp3) is 0.491. The van der Waals surface area contributed by atoms with Crippen LogP contribution in [0.25, 0.3) is 44.7 Å². The fourth-order valence-corrected chi connectivity index (χ4v) is 12.5. The number of methoxy groups -OCH3 is 2. The number of H-pyrrole nitrogens is 2. The maximum Gasteiger partial charge on any atom is 0.407 e. The molecule has 0 radical (unpaired) electrons. The van der Waals surface area contributed by atoms with Gasteiger partial charge in [-0.3, -0.25) is 14.2 Å². The summed E-state index contributed by atoms with van der Waals surface area (Å²) in [7, 11) is 2.53. The maximum atomic E-state index is 17.5. The summed E-state index contributed by atoms with van der Waals surface area (Å²) in [5, 5.41) is 6.71. The summed E-state index contributed by atoms with van der Waals surface area (Å²) in [5.41, 5.74) is 2.15. The number of likely N-dealkylation sites (tertiary alicyclic amines) is 2. The fourth-order valence-electron chi connectivity index (χ4n) is 11.4. The van der Waals surface area contributed by atoms with Gasteiger partial charge in [-0.15, -0.1) is 11.3 Å². The molecule has 6 aromatic rings. The molecule has 3 saturated heterocycles. The molecule has 2 aromatic carbocycles. The van der Waals surface area contributed by atoms with Crippen LogP contribution in [0.4, 0.5) is 18.4 Å². The van der Waals surface area contributed by atoms with E-state index in [1.807, 2.05) is 33.8 Å². The summed E-state index contributed by atoms with van der Waals surface area (Å²) in [6.07, 6.45) is 8.76. The number of fused-ring (bicyclic) bond motifs is 5. The minimum Gasteiger partial charge on any atom is -0.464 e. The van der Waals surface area contributed by atoms with E-state index < -0.39 is 59.8 Å². The van der Waals surface area contributed by atoms with Crippen LogP contribution in [0.3, 0.4) is 0 Å². The van der Waals surface area contributed by atoms with E-state index >= 15 is 8.78 Å². The van der Waals surface area contributed by atoms with E-state index in [1.165, 1.54) is 31.6 Å². The van der Waals surface area contributed by atoms with Crippen molar-refractivity contribution in [3.63, 3.8) is 0 Å². The van der Waals surface area contributed by atoms with Crippen LogP contribution < -0.4 is 15.4 Å². The van der Waals surface area contributed by atoms with Crippen molar-refractivity contribution in [1.82, 2.24) is 49.9 Å². The van der Waals surface area contributed by atoms with E-state index in [4.69, 9.17) is 28.9 Å². The van der Waals surface area contributed by atoms with Gasteiger partial charge < -0.3 is 49.3 Å². The third kappa shape index (κ3) is 9.04. The second kappa shape index (κ2) is 19.4. The average Bonchev–Trinajstić information content (AvgIpc) is 4.10. The molecule has 21 heteroatoms. The number of hydrogen-bond donors (Lipinski definition) is 4. The Bertz CT molecular complexity index is 3160. The lowest BCUT2D eigenvalue weighted by atomic mass is 9.82. The number of imidazole rings is 2. The number of halogens is 2. The maximum absolute atomic E-state index is 17.5. The van der Waals surface area contributed by atoms with Crippen molar-refractivity contribution < 1.29 is 46.9 Å². The highest BCUT2D eigenvalue weighted by Crippen LogP contribution is 2.51. The van der Waals surface area contributed by atoms with Crippen molar-refractivity contribution in [1.29, 1.82) is 0 Å². The Morgan fingerprint density at radius 2 is 1.49 bits per heavy atom. The van der Waals surface area contributed by atoms with Crippen molar-refractivity contribution in [3.05, 3.63) is 82.1 Å². The molecule has 4 aromatic heterocycles. The number of alkyl carbamates (subject to hydrolysis) is 2. The summed E-state index contributed by atoms with van der Waals surface area (Å²) in [6.45, 7) is 9.07. The first kappa shape index (κ1) is 49.3. The summed E-state index contributed by atoms with van der Waals surface area (Å²) in [6, 6.07) is 5.95. The van der Waals surface area contributed by atoms with Crippen LogP contribution in [-0.2, 0) is 23.8 Å². The molecule has 5 aliphatic rings. The lowest BCUT2D eigenvalue weighted by molar-refractivity contribution is -0.139. The predicted molar refractivity (Wildman–Crippen MR) is 269 cm³/mol. The van der Waals surface area contributed by atoms with E-state index in [0.29, 0.717) is 91.0 Å². The molecule has 74 heavy (non-hydrogen) atoms. The molecule has 4 N–H and O–H groups in total. The first-order valence-electron chi connectivity index (χ1n) is 25.4. The highest BCUT2D eigenvalue weighted by Gasteiger charge is 2.44. The van der Waals surface area contributed by atoms with E-state index in [-0.39, 0.29) is 46.0 Å². The lowest BCUT2D eigenvalue weighted by Gasteiger charge is -2.40. The zero-order valence-corrected chi connectivity index (χ0v) is 42.9. The van der Waals surface area contributed by atoms with Crippen molar-refractivity contribution >= 4 is 46.2 Å². The first-order chi connectivity index (χ1) is 35.6. The molecule has 390 valence electrons. The van der Waals surface area contributed by atoms with Gasteiger partial charge >= 0.3 is 12.2 Å². The first-order valence-corrected chi connectivity index (χ1v) is 26.3. The summed E-state index contributed by atoms with van der Waals surface area (Å²) < 4.78 is 58.7. The number of benzene rings is 2. The number of amides is 4. The molecule has 18 nitrogen and oxygen atoms in total. The predicted octanol–water partition coefficient (Wildman–Crippen LogP) is 9.28. The van der Waals surface area contributed by atoms with E-state index in [2.05, 4.69) is 25.6 Å². The number of aromatic nitrogens is 6. The van der Waals surface area contributed by atoms with Crippen molar-refractivity contribution in [2.75, 3.05) is 33.9 Å². The highest BCUT2D eigenvalue weighted by molar-refractivity contribution is 7.11. The molecule has 4 amide bonds. The molecular formula is C53H60F2N10O8S. The van der Waals surface area contributed by atoms with Gasteiger partial charge in [0.05, 0.1) is 82.3 Å². The van der Waals surface area contributed by atoms with Crippen molar-refractivity contribution in [3.8, 4) is 39.5 Å². The normalized spacial score (nSPS) is 22.0. The highest BCUT2D eigenvalue weighted by atomic mass is 32.1. The second-order valence-corrected chi connectivity index (χ2v) is 22.1. The topological polar surface area (TPSA) is 211 Å². The van der Waals surface area contributed by atoms with Gasteiger partial charge in [0.2, 0.25) is 18.0 Å². The molecular weight excluding hydrogens is 975 g/mol. The van der Waals surface area contributed by atoms with Gasteiger partial charge in [-0.05, 0) is 101 Å². The Balaban J connectivity index is 0.908. The summed E-state index contributed by atoms with van der Waals surface area (Å²) in [4.78, 5) is 78.1. The number of carbonyl (C=O) groups is 4. The number of hydrogen-bond acceptors (Lipinski definition) is 12. The van der Waals surface area contributed by atoms with Gasteiger partial charge in [0.15, 0.2) is 5.82 Å². The molecule has 1 saturated carbocycles. The Morgan fingerprint density at radius 3 is 2.14 bits per heavy atom. The van der Waals surface area contributed by atoms with Crippen LogP contribution >= 0.6 is 11.3 Å². The van der Waals surface area contributed by atoms with Crippen LogP contribution in [0.1, 0.15) is 125 Å². The average molecular weight is 1040 g/mol. The molecule has 0 spiro atoms. The largest absolute Gasteiger partial charge is 0.464 e. The number of ether oxygens (including phenoxy) is 4. The zero-order chi connectivity index (χ0) is 51.7. The number of nitrogens with one attached hydrogen (secondary N) is 4. The van der Waals surface area contributed by atoms with Gasteiger partial charge in [0.25, 0.3) is 0 Å². The summed E-state index contributed by atoms with van der Waals surface area (Å²) >= 11 is 1.50. The number of nitrogens with zero attached hydrogens (tertiary/aromatic N) is 6. The number of rotatable bonds is 12. The van der Waals surface area contributed by atoms with Gasteiger partial charge in [-0.25, -0.2) is 33.3 Å². The third-order valence-corrected chi connectivity index (χ3v) is 16.4. The monoisotopic (exact) mass is 1030 g/mol. The van der Waals surface area contributed by atoms with Crippen molar-refractivity contribution in [2.45, 2.75) is 121 Å². The summed E-state index contributed by atoms with van der Waals surface area (Å²) in [5.74, 6) is -0.595. The van der Waals surface area contributed by atoms with E-state index in [9.17, 15) is 19.2 Å². The smallest absolute Gasteiger partial charge is 0.407 e. The SMILES string of the molecule is COC(=O)NC(C(=O)N1CCC[C@H]1c1ncc(-c2ccc3c(c2)c(F)c2n3C(c3cnc(C4CC4)s3)Oc3cc(-c4cnc([C@@H]5CCCN5C(=O)[C@@H](NC(=O)OC)C(C)C)[nH]4)cc(F)c3-2)[nH]1)C1CCOC(C)(C)C1. The molecule has 3 unspecified atom stereocenters. The molecule has 11 rings (SSSR count). The molecule has 4 fully saturated rings. The number of thiazole rings is 1. The Labute approximate surface area is 429 Å². The molecule has 8 heterocycles. The van der Waals surface area contributed by atoms with Crippen LogP contribution in [0.2, 0.25) is 0 Å². The Kier molecular flexibility index (Phi) is 13.0. The third-order valence-electron chi connectivity index (χ3n) is 15.3. The minimum absolute atomic E-state index is 0.0311. The van der Waals surface area contributed by atoms with Crippen LogP contribution in [0.15, 0.2) is 48.9 Å². The standard InChI is InChI=1S/C53H60F2N10O8S/c1-26(2)42(61-51(68)70-5)48(66)63-16-7-9-36(63)46-57-24-34(60-46)30-20-32(54)40-38(21-30)73-50(39-25-58-47(74-39)27-11-12-27)65-35-14-13-28(19-31(35)41(55)44(40)65)33-23-56-45(59-33)37-10-8-17-64(37)49(67)43(62-52(69)71-6)29-15-18-72-53(3,4)22-29/h13-14,19-21,23-27,29,36-37,42-43,50H,7-12,15-18,22H2,1-6H3,(H,56,59)(H,57,60)(H,61,68)(H,62,69)/t29?,36-,37-,42-,43?,50?/m0/s1. The number of aromatic amines is 2. The Morgan fingerprint density at radius 1 is 0.824 bits per heavy atom. The lowest BCUT2D eigenvalue weighted by Crippen LogP contribution is -2.54. The van der Waals surface area contributed by atoms with Crippen LogP contribution in [0, 0.1) is 23.5 Å². The minimum atomic E-state index is -0.882. The Hall–Kier alpha value is -6.87. The zero-order valence-electron chi connectivity index (χ0n) is 42.1. The molecule has 0 bridgehead atoms. The molecule has 1 aliphatic carbocycles. The van der Waals surface area contributed by atoms with Crippen LogP contribution in [-0.4, -0.2) is 115 Å². The van der Waals surface area contributed by atoms with Gasteiger partial charge in [-0.2, -0.15) is 0 Å². The van der Waals surface area contributed by atoms with E-state index in [1.54, 1.807) is 51.2 Å². The number of carbonyl (C=O) groups excluding carboxylic acids is 4. The van der Waals surface area contributed by atoms with Gasteiger partial charge in [0.1, 0.15) is 35.3 Å². The van der Waals surface area contributed by atoms with Gasteiger partial charge in [0, 0.05) is 48.3 Å². The van der Waals surface area contributed by atoms with Crippen LogP contribution in [0.5, 0.6) is 5.75 Å². The second-order valence-electron chi connectivity index (χ2n) is 21.0. The molecule has 4 aliphatic heterocycles. The van der Waals surface area contributed by atoms with Crippen molar-refractivity contribution in [2.24, 2.45) is 11.8 Å². The van der Waals surface area contributed by atoms with E-state index in [0.717, 1.165) is 35.6 Å². The molecule has 6 atom stereocenters.